The largest absolute Gasteiger partial charge is 0.368 e. The molecule has 0 aliphatic carbocycles. The minimum absolute atomic E-state index is 0.0142. The standard InChI is InChI=1S/C15H30N2O/c1-6-17-9-7-8-12(11-17)16-13-10-14(2,3)18-15(13,4)5/h12-13,16H,6-11H2,1-5H3. The van der Waals surface area contributed by atoms with Crippen molar-refractivity contribution in [2.75, 3.05) is 19.6 Å². The van der Waals surface area contributed by atoms with Crippen LogP contribution >= 0.6 is 0 Å². The maximum Gasteiger partial charge on any atom is 0.0787 e. The summed E-state index contributed by atoms with van der Waals surface area (Å²) in [7, 11) is 0. The highest BCUT2D eigenvalue weighted by Crippen LogP contribution is 2.37. The van der Waals surface area contributed by atoms with Crippen molar-refractivity contribution in [2.24, 2.45) is 0 Å². The molecule has 0 aromatic heterocycles. The van der Waals surface area contributed by atoms with Crippen LogP contribution in [0.3, 0.4) is 0 Å². The molecule has 0 aromatic carbocycles. The number of hydrogen-bond acceptors (Lipinski definition) is 3. The molecule has 2 heterocycles. The summed E-state index contributed by atoms with van der Waals surface area (Å²) in [5.41, 5.74) is -0.0295. The summed E-state index contributed by atoms with van der Waals surface area (Å²) in [4.78, 5) is 2.55. The highest BCUT2D eigenvalue weighted by atomic mass is 16.5. The highest BCUT2D eigenvalue weighted by Gasteiger charge is 2.46. The van der Waals surface area contributed by atoms with E-state index >= 15 is 0 Å². The molecule has 2 aliphatic rings. The Labute approximate surface area is 112 Å². The lowest BCUT2D eigenvalue weighted by molar-refractivity contribution is -0.0709. The first-order chi connectivity index (χ1) is 8.32. The number of likely N-dealkylation sites (tertiary alicyclic amines) is 1. The molecule has 0 spiro atoms. The van der Waals surface area contributed by atoms with Gasteiger partial charge in [-0.3, -0.25) is 0 Å². The zero-order valence-corrected chi connectivity index (χ0v) is 12.8. The van der Waals surface area contributed by atoms with Gasteiger partial charge in [-0.2, -0.15) is 0 Å². The predicted molar refractivity (Wildman–Crippen MR) is 75.9 cm³/mol. The molecule has 2 unspecified atom stereocenters. The molecule has 0 aromatic rings. The maximum absolute atomic E-state index is 6.17. The van der Waals surface area contributed by atoms with E-state index in [1.807, 2.05) is 0 Å². The van der Waals surface area contributed by atoms with Crippen LogP contribution in [-0.4, -0.2) is 47.8 Å². The Morgan fingerprint density at radius 1 is 1.28 bits per heavy atom. The Morgan fingerprint density at radius 3 is 2.56 bits per heavy atom. The zero-order valence-electron chi connectivity index (χ0n) is 12.8. The molecular weight excluding hydrogens is 224 g/mol. The van der Waals surface area contributed by atoms with Gasteiger partial charge >= 0.3 is 0 Å². The molecule has 106 valence electrons. The van der Waals surface area contributed by atoms with Crippen molar-refractivity contribution < 1.29 is 4.74 Å². The van der Waals surface area contributed by atoms with Crippen LogP contribution in [0.15, 0.2) is 0 Å². The van der Waals surface area contributed by atoms with Crippen LogP contribution in [0.4, 0.5) is 0 Å². The highest BCUT2D eigenvalue weighted by molar-refractivity contribution is 5.00. The summed E-state index contributed by atoms with van der Waals surface area (Å²) in [5.74, 6) is 0. The van der Waals surface area contributed by atoms with Crippen LogP contribution in [0.2, 0.25) is 0 Å². The van der Waals surface area contributed by atoms with E-state index in [1.165, 1.54) is 32.5 Å². The number of nitrogens with zero attached hydrogens (tertiary/aromatic N) is 1. The molecule has 2 saturated heterocycles. The Kier molecular flexibility index (Phi) is 4.05. The van der Waals surface area contributed by atoms with E-state index in [-0.39, 0.29) is 11.2 Å². The normalized spacial score (nSPS) is 35.8. The molecule has 3 nitrogen and oxygen atoms in total. The van der Waals surface area contributed by atoms with Crippen LogP contribution < -0.4 is 5.32 Å². The Morgan fingerprint density at radius 2 is 2.00 bits per heavy atom. The smallest absolute Gasteiger partial charge is 0.0787 e. The molecule has 0 bridgehead atoms. The summed E-state index contributed by atoms with van der Waals surface area (Å²) in [6.45, 7) is 14.8. The van der Waals surface area contributed by atoms with Crippen molar-refractivity contribution in [1.29, 1.82) is 0 Å². The van der Waals surface area contributed by atoms with E-state index < -0.39 is 0 Å². The van der Waals surface area contributed by atoms with Gasteiger partial charge in [0.2, 0.25) is 0 Å². The van der Waals surface area contributed by atoms with Gasteiger partial charge in [0, 0.05) is 18.6 Å². The predicted octanol–water partition coefficient (Wildman–Crippen LogP) is 2.41. The van der Waals surface area contributed by atoms with Crippen LogP contribution in [0, 0.1) is 0 Å². The van der Waals surface area contributed by atoms with E-state index in [2.05, 4.69) is 44.8 Å². The fourth-order valence-electron chi connectivity index (χ4n) is 3.59. The van der Waals surface area contributed by atoms with Crippen molar-refractivity contribution in [3.8, 4) is 0 Å². The number of hydrogen-bond donors (Lipinski definition) is 1. The number of piperidine rings is 1. The first-order valence-corrected chi connectivity index (χ1v) is 7.51. The van der Waals surface area contributed by atoms with Crippen molar-refractivity contribution in [2.45, 2.75) is 77.2 Å². The van der Waals surface area contributed by atoms with Gasteiger partial charge in [-0.05, 0) is 60.0 Å². The monoisotopic (exact) mass is 254 g/mol. The first kappa shape index (κ1) is 14.3. The minimum Gasteiger partial charge on any atom is -0.368 e. The fraction of sp³-hybridized carbons (Fsp3) is 1.00. The average Bonchev–Trinajstić information content (AvgIpc) is 2.47. The fourth-order valence-corrected chi connectivity index (χ4v) is 3.59. The molecule has 2 aliphatic heterocycles. The lowest BCUT2D eigenvalue weighted by Gasteiger charge is -2.36. The molecule has 0 radical (unpaired) electrons. The van der Waals surface area contributed by atoms with Crippen LogP contribution in [-0.2, 0) is 4.74 Å². The van der Waals surface area contributed by atoms with E-state index in [9.17, 15) is 0 Å². The van der Waals surface area contributed by atoms with E-state index in [0.29, 0.717) is 12.1 Å². The SMILES string of the molecule is CCN1CCCC(NC2CC(C)(C)OC2(C)C)C1. The topological polar surface area (TPSA) is 24.5 Å². The molecule has 3 heteroatoms. The van der Waals surface area contributed by atoms with Gasteiger partial charge in [-0.1, -0.05) is 6.92 Å². The van der Waals surface area contributed by atoms with Crippen molar-refractivity contribution in [3.05, 3.63) is 0 Å². The van der Waals surface area contributed by atoms with E-state index in [1.54, 1.807) is 0 Å². The third-order valence-corrected chi connectivity index (χ3v) is 4.46. The average molecular weight is 254 g/mol. The number of ether oxygens (including phenoxy) is 1. The molecule has 0 saturated carbocycles. The summed E-state index contributed by atoms with van der Waals surface area (Å²) in [5, 5.41) is 3.86. The van der Waals surface area contributed by atoms with E-state index in [0.717, 1.165) is 6.42 Å². The van der Waals surface area contributed by atoms with E-state index in [4.69, 9.17) is 4.74 Å². The van der Waals surface area contributed by atoms with Crippen LogP contribution in [0.25, 0.3) is 0 Å². The minimum atomic E-state index is -0.0437. The second-order valence-corrected chi connectivity index (χ2v) is 7.12. The Bertz CT molecular complexity index is 288. The zero-order chi connectivity index (χ0) is 13.4. The van der Waals surface area contributed by atoms with Gasteiger partial charge < -0.3 is 15.0 Å². The summed E-state index contributed by atoms with van der Waals surface area (Å²) < 4.78 is 6.17. The Hall–Kier alpha value is -0.120. The van der Waals surface area contributed by atoms with Crippen LogP contribution in [0.5, 0.6) is 0 Å². The van der Waals surface area contributed by atoms with Gasteiger partial charge in [-0.25, -0.2) is 0 Å². The van der Waals surface area contributed by atoms with Gasteiger partial charge in [0.05, 0.1) is 11.2 Å². The lowest BCUT2D eigenvalue weighted by atomic mass is 9.92. The number of rotatable bonds is 3. The summed E-state index contributed by atoms with van der Waals surface area (Å²) in [6, 6.07) is 1.12. The summed E-state index contributed by atoms with van der Waals surface area (Å²) >= 11 is 0. The summed E-state index contributed by atoms with van der Waals surface area (Å²) in [6.07, 6.45) is 3.75. The van der Waals surface area contributed by atoms with Crippen molar-refractivity contribution >= 4 is 0 Å². The Balaban J connectivity index is 1.93. The lowest BCUT2D eigenvalue weighted by Crippen LogP contribution is -2.53. The van der Waals surface area contributed by atoms with Gasteiger partial charge in [0.1, 0.15) is 0 Å². The van der Waals surface area contributed by atoms with Crippen LogP contribution in [0.1, 0.15) is 53.9 Å². The molecule has 2 fully saturated rings. The van der Waals surface area contributed by atoms with Gasteiger partial charge in [0.15, 0.2) is 0 Å². The molecule has 1 N–H and O–H groups in total. The second-order valence-electron chi connectivity index (χ2n) is 7.12. The van der Waals surface area contributed by atoms with Gasteiger partial charge in [0.25, 0.3) is 0 Å². The van der Waals surface area contributed by atoms with Gasteiger partial charge in [-0.15, -0.1) is 0 Å². The molecule has 0 amide bonds. The molecule has 2 atom stereocenters. The molecule has 18 heavy (non-hydrogen) atoms. The molecular formula is C15H30N2O. The third kappa shape index (κ3) is 3.25. The van der Waals surface area contributed by atoms with Crippen molar-refractivity contribution in [1.82, 2.24) is 10.2 Å². The molecule has 2 rings (SSSR count). The number of likely N-dealkylation sites (N-methyl/N-ethyl adjacent to an activating group) is 1. The second kappa shape index (κ2) is 5.10. The van der Waals surface area contributed by atoms with Crippen molar-refractivity contribution in [3.63, 3.8) is 0 Å². The third-order valence-electron chi connectivity index (χ3n) is 4.46. The number of nitrogens with one attached hydrogen (secondary N) is 1. The first-order valence-electron chi connectivity index (χ1n) is 7.51. The quantitative estimate of drug-likeness (QED) is 0.837. The maximum atomic E-state index is 6.17.